The van der Waals surface area contributed by atoms with Crippen molar-refractivity contribution >= 4 is 27.0 Å². The van der Waals surface area contributed by atoms with Crippen LogP contribution in [0.2, 0.25) is 0 Å². The second-order valence-corrected chi connectivity index (χ2v) is 11.9. The van der Waals surface area contributed by atoms with Crippen LogP contribution in [0.3, 0.4) is 0 Å². The van der Waals surface area contributed by atoms with Gasteiger partial charge in [-0.3, -0.25) is 0 Å². The lowest BCUT2D eigenvalue weighted by Gasteiger charge is -2.42. The van der Waals surface area contributed by atoms with Crippen LogP contribution >= 0.6 is 11.3 Å². The summed E-state index contributed by atoms with van der Waals surface area (Å²) in [6.45, 7) is 1.79. The number of thiophene rings is 1. The van der Waals surface area contributed by atoms with Crippen molar-refractivity contribution in [2.75, 3.05) is 31.1 Å². The van der Waals surface area contributed by atoms with Gasteiger partial charge >= 0.3 is 6.18 Å². The molecule has 1 fully saturated rings. The number of anilines is 1. The molecule has 196 valence electrons. The van der Waals surface area contributed by atoms with Crippen LogP contribution in [0.15, 0.2) is 58.5 Å². The topological polar surface area (TPSA) is 87.9 Å². The van der Waals surface area contributed by atoms with Crippen molar-refractivity contribution < 1.29 is 31.4 Å². The van der Waals surface area contributed by atoms with E-state index < -0.39 is 27.8 Å². The van der Waals surface area contributed by atoms with Crippen LogP contribution in [-0.2, 0) is 34.0 Å². The number of imidazole rings is 1. The highest BCUT2D eigenvalue weighted by atomic mass is 32.2. The largest absolute Gasteiger partial charge is 0.421 e. The maximum atomic E-state index is 13.2. The summed E-state index contributed by atoms with van der Waals surface area (Å²) < 4.78 is 75.3. The second-order valence-electron chi connectivity index (χ2n) is 8.80. The molecule has 3 heterocycles. The Morgan fingerprint density at radius 3 is 2.50 bits per heavy atom. The number of hydrogen-bond acceptors (Lipinski definition) is 7. The molecule has 0 spiro atoms. The lowest BCUT2D eigenvalue weighted by Crippen LogP contribution is -2.56. The first-order valence-electron chi connectivity index (χ1n) is 11.1. The van der Waals surface area contributed by atoms with Gasteiger partial charge < -0.3 is 19.3 Å². The van der Waals surface area contributed by atoms with E-state index in [4.69, 9.17) is 4.74 Å². The van der Waals surface area contributed by atoms with Gasteiger partial charge in [0.2, 0.25) is 0 Å². The normalized spacial score (nSPS) is 19.4. The van der Waals surface area contributed by atoms with Crippen molar-refractivity contribution in [1.82, 2.24) is 13.9 Å². The fourth-order valence-corrected chi connectivity index (χ4v) is 6.66. The number of aromatic nitrogens is 2. The number of nitrogens with zero attached hydrogens (tertiary/aromatic N) is 4. The third-order valence-electron chi connectivity index (χ3n) is 6.17. The number of ether oxygens (including phenoxy) is 1. The van der Waals surface area contributed by atoms with Gasteiger partial charge in [0.15, 0.2) is 5.60 Å². The molecule has 13 heteroatoms. The lowest BCUT2D eigenvalue weighted by atomic mass is 9.95. The van der Waals surface area contributed by atoms with Crippen LogP contribution in [-0.4, -0.2) is 65.8 Å². The molecule has 2 unspecified atom stereocenters. The van der Waals surface area contributed by atoms with Crippen LogP contribution in [0.25, 0.3) is 0 Å². The third-order valence-corrected chi connectivity index (χ3v) is 9.40. The maximum absolute atomic E-state index is 13.2. The summed E-state index contributed by atoms with van der Waals surface area (Å²) in [6, 6.07) is 8.33. The molecule has 0 aliphatic carbocycles. The van der Waals surface area contributed by atoms with E-state index >= 15 is 0 Å². The fraction of sp³-hybridized carbons (Fsp3) is 0.435. The summed E-state index contributed by atoms with van der Waals surface area (Å²) in [6.07, 6.45) is -1.35. The van der Waals surface area contributed by atoms with Gasteiger partial charge in [-0.15, -0.1) is 11.3 Å². The summed E-state index contributed by atoms with van der Waals surface area (Å²) in [4.78, 5) is 6.14. The number of aliphatic hydroxyl groups is 1. The van der Waals surface area contributed by atoms with Gasteiger partial charge in [0.1, 0.15) is 4.21 Å². The summed E-state index contributed by atoms with van der Waals surface area (Å²) in [5, 5.41) is 11.7. The van der Waals surface area contributed by atoms with Gasteiger partial charge in [-0.2, -0.15) is 17.5 Å². The molecule has 1 aliphatic heterocycles. The Bertz CT molecular complexity index is 1260. The molecular formula is C23H27F3N4O4S2. The number of piperazine rings is 1. The molecule has 4 rings (SSSR count). The molecule has 0 amide bonds. The summed E-state index contributed by atoms with van der Waals surface area (Å²) >= 11 is 1.14. The highest BCUT2D eigenvalue weighted by Crippen LogP contribution is 2.39. The van der Waals surface area contributed by atoms with Crippen molar-refractivity contribution in [2.45, 2.75) is 35.6 Å². The van der Waals surface area contributed by atoms with Gasteiger partial charge in [0, 0.05) is 38.6 Å². The molecule has 0 bridgehead atoms. The molecular weight excluding hydrogens is 517 g/mol. The number of sulfonamides is 1. The third kappa shape index (κ3) is 5.44. The Morgan fingerprint density at radius 2 is 1.92 bits per heavy atom. The minimum absolute atomic E-state index is 0.143. The molecule has 2 atom stereocenters. The molecule has 36 heavy (non-hydrogen) atoms. The Balaban J connectivity index is 1.55. The van der Waals surface area contributed by atoms with E-state index in [9.17, 15) is 26.7 Å². The highest BCUT2D eigenvalue weighted by Gasteiger charge is 2.51. The van der Waals surface area contributed by atoms with E-state index in [2.05, 4.69) is 4.98 Å². The van der Waals surface area contributed by atoms with Gasteiger partial charge in [-0.05, 0) is 36.1 Å². The van der Waals surface area contributed by atoms with Crippen LogP contribution in [0, 0.1) is 0 Å². The molecule has 2 aromatic heterocycles. The van der Waals surface area contributed by atoms with E-state index in [1.165, 1.54) is 28.6 Å². The summed E-state index contributed by atoms with van der Waals surface area (Å²) in [5.41, 5.74) is -1.93. The Labute approximate surface area is 211 Å². The van der Waals surface area contributed by atoms with Gasteiger partial charge in [-0.1, -0.05) is 18.2 Å². The Morgan fingerprint density at radius 1 is 1.19 bits per heavy atom. The van der Waals surface area contributed by atoms with Crippen LogP contribution in [0.4, 0.5) is 18.9 Å². The van der Waals surface area contributed by atoms with Crippen molar-refractivity contribution in [3.05, 3.63) is 65.6 Å². The number of aryl methyl sites for hydroxylation is 1. The van der Waals surface area contributed by atoms with E-state index in [0.29, 0.717) is 19.2 Å². The van der Waals surface area contributed by atoms with E-state index in [1.54, 1.807) is 28.4 Å². The number of halogens is 3. The van der Waals surface area contributed by atoms with Crippen molar-refractivity contribution in [2.24, 2.45) is 7.05 Å². The van der Waals surface area contributed by atoms with E-state index in [1.807, 2.05) is 18.1 Å². The van der Waals surface area contributed by atoms with Gasteiger partial charge in [0.25, 0.3) is 10.0 Å². The van der Waals surface area contributed by atoms with Crippen LogP contribution < -0.4 is 4.90 Å². The van der Waals surface area contributed by atoms with Crippen LogP contribution in [0.1, 0.15) is 18.2 Å². The number of rotatable bonds is 8. The molecule has 1 aliphatic rings. The Hall–Kier alpha value is -2.45. The van der Waals surface area contributed by atoms with Gasteiger partial charge in [-0.25, -0.2) is 13.4 Å². The summed E-state index contributed by atoms with van der Waals surface area (Å²) in [7, 11) is -1.84. The first kappa shape index (κ1) is 26.6. The quantitative estimate of drug-likeness (QED) is 0.468. The van der Waals surface area contributed by atoms with E-state index in [-0.39, 0.29) is 36.1 Å². The number of alkyl halides is 3. The molecule has 0 radical (unpaired) electrons. The molecule has 1 aromatic carbocycles. The number of hydrogen-bond donors (Lipinski definition) is 1. The standard InChI is InChI=1S/C23H27F3N4O4S2/c1-22(31,23(24,25)26)17-5-7-19(8-6-17)30-10-9-29(36(32,33)21-4-3-11-35-21)13-20(30)15-34-14-18-12-28(2)16-27-18/h3-8,11-12,16,20,31H,9-10,13-15H2,1-2H3. The first-order chi connectivity index (χ1) is 16.9. The van der Waals surface area contributed by atoms with Crippen molar-refractivity contribution in [3.8, 4) is 0 Å². The average Bonchev–Trinajstić information content (AvgIpc) is 3.51. The maximum Gasteiger partial charge on any atom is 0.421 e. The molecule has 0 saturated carbocycles. The second kappa shape index (κ2) is 10.1. The minimum atomic E-state index is -4.82. The monoisotopic (exact) mass is 544 g/mol. The lowest BCUT2D eigenvalue weighted by molar-refractivity contribution is -0.258. The molecule has 1 saturated heterocycles. The molecule has 1 N–H and O–H groups in total. The van der Waals surface area contributed by atoms with E-state index in [0.717, 1.165) is 17.0 Å². The average molecular weight is 545 g/mol. The predicted octanol–water partition coefficient (Wildman–Crippen LogP) is 3.35. The first-order valence-corrected chi connectivity index (χ1v) is 13.5. The van der Waals surface area contributed by atoms with Crippen molar-refractivity contribution in [3.63, 3.8) is 0 Å². The molecule has 3 aromatic rings. The SMILES string of the molecule is Cn1cnc(COCC2CN(S(=O)(=O)c3cccs3)CCN2c2ccc(C(C)(O)C(F)(F)F)cc2)c1. The smallest absolute Gasteiger partial charge is 0.376 e. The predicted molar refractivity (Wildman–Crippen MR) is 129 cm³/mol. The van der Waals surface area contributed by atoms with Gasteiger partial charge in [0.05, 0.1) is 31.3 Å². The fourth-order valence-electron chi connectivity index (χ4n) is 4.05. The zero-order chi connectivity index (χ0) is 26.1. The minimum Gasteiger partial charge on any atom is -0.376 e. The number of benzene rings is 1. The van der Waals surface area contributed by atoms with Crippen LogP contribution in [0.5, 0.6) is 0 Å². The zero-order valence-corrected chi connectivity index (χ0v) is 21.4. The Kier molecular flexibility index (Phi) is 7.49. The van der Waals surface area contributed by atoms with Crippen molar-refractivity contribution in [1.29, 1.82) is 0 Å². The highest BCUT2D eigenvalue weighted by molar-refractivity contribution is 7.91. The summed E-state index contributed by atoms with van der Waals surface area (Å²) in [5.74, 6) is 0. The molecule has 8 nitrogen and oxygen atoms in total. The zero-order valence-electron chi connectivity index (χ0n) is 19.7.